The summed E-state index contributed by atoms with van der Waals surface area (Å²) in [4.78, 5) is 0. The molecule has 0 aliphatic rings. The molecule has 3 rings (SSSR count). The maximum absolute atomic E-state index is 14.1. The van der Waals surface area contributed by atoms with E-state index in [2.05, 4.69) is 15.9 Å². The van der Waals surface area contributed by atoms with Gasteiger partial charge in [0.15, 0.2) is 0 Å². The van der Waals surface area contributed by atoms with Crippen LogP contribution in [0.15, 0.2) is 59.1 Å². The number of hydrogen-bond donors (Lipinski definition) is 1. The molecule has 0 aromatic heterocycles. The van der Waals surface area contributed by atoms with Gasteiger partial charge in [0.05, 0.1) is 6.04 Å². The topological polar surface area (TPSA) is 26.0 Å². The molecular weight excluding hydrogens is 353 g/mol. The smallest absolute Gasteiger partial charge is 0.129 e. The van der Waals surface area contributed by atoms with Gasteiger partial charge in [-0.3, -0.25) is 0 Å². The molecule has 0 saturated heterocycles. The highest BCUT2D eigenvalue weighted by molar-refractivity contribution is 9.10. The highest BCUT2D eigenvalue weighted by atomic mass is 79.9. The van der Waals surface area contributed by atoms with Crippen molar-refractivity contribution < 1.29 is 4.39 Å². The third kappa shape index (κ3) is 2.69. The predicted molar refractivity (Wildman–Crippen MR) is 89.1 cm³/mol. The number of nitrogens with two attached hydrogens (primary N) is 1. The summed E-state index contributed by atoms with van der Waals surface area (Å²) in [6, 6.07) is 15.8. The van der Waals surface area contributed by atoms with Gasteiger partial charge in [-0.25, -0.2) is 4.39 Å². The maximum Gasteiger partial charge on any atom is 0.129 e. The lowest BCUT2D eigenvalue weighted by molar-refractivity contribution is 0.600. The first-order valence-electron chi connectivity index (χ1n) is 6.45. The van der Waals surface area contributed by atoms with Crippen molar-refractivity contribution in [2.75, 3.05) is 0 Å². The summed E-state index contributed by atoms with van der Waals surface area (Å²) in [5.41, 5.74) is 7.61. The Morgan fingerprint density at radius 1 is 0.952 bits per heavy atom. The van der Waals surface area contributed by atoms with E-state index >= 15 is 0 Å². The SMILES string of the molecule is NC(c1ccc(Cl)cc1F)c1ccc(Br)c2ccccc12. The van der Waals surface area contributed by atoms with Gasteiger partial charge in [-0.2, -0.15) is 0 Å². The summed E-state index contributed by atoms with van der Waals surface area (Å²) in [5, 5.41) is 2.43. The molecule has 1 unspecified atom stereocenters. The molecule has 0 amide bonds. The van der Waals surface area contributed by atoms with Crippen LogP contribution >= 0.6 is 27.5 Å². The molecule has 0 saturated carbocycles. The molecule has 2 N–H and O–H groups in total. The van der Waals surface area contributed by atoms with Crippen LogP contribution in [0.2, 0.25) is 5.02 Å². The number of halogens is 3. The number of benzene rings is 3. The van der Waals surface area contributed by atoms with Crippen molar-refractivity contribution in [3.8, 4) is 0 Å². The standard InChI is InChI=1S/C17H12BrClFN/c18-15-8-7-13(11-3-1-2-4-12(11)15)17(21)14-6-5-10(19)9-16(14)20/h1-9,17H,21H2. The predicted octanol–water partition coefficient (Wildman–Crippen LogP) is 5.44. The summed E-state index contributed by atoms with van der Waals surface area (Å²) in [6.45, 7) is 0. The van der Waals surface area contributed by atoms with Gasteiger partial charge in [0.1, 0.15) is 5.82 Å². The van der Waals surface area contributed by atoms with Crippen LogP contribution in [0.4, 0.5) is 4.39 Å². The average Bonchev–Trinajstić information content (AvgIpc) is 2.47. The summed E-state index contributed by atoms with van der Waals surface area (Å²) in [6.07, 6.45) is 0. The maximum atomic E-state index is 14.1. The fraction of sp³-hybridized carbons (Fsp3) is 0.0588. The zero-order valence-corrected chi connectivity index (χ0v) is 13.3. The van der Waals surface area contributed by atoms with E-state index < -0.39 is 6.04 Å². The molecule has 0 heterocycles. The molecule has 0 aliphatic heterocycles. The lowest BCUT2D eigenvalue weighted by Crippen LogP contribution is -2.14. The molecule has 0 spiro atoms. The van der Waals surface area contributed by atoms with E-state index in [1.54, 1.807) is 12.1 Å². The first-order chi connectivity index (χ1) is 10.1. The Labute approximate surface area is 135 Å². The molecular formula is C17H12BrClFN. The van der Waals surface area contributed by atoms with Gasteiger partial charge in [0.2, 0.25) is 0 Å². The molecule has 3 aromatic carbocycles. The second-order valence-corrected chi connectivity index (χ2v) is 6.12. The zero-order chi connectivity index (χ0) is 15.0. The van der Waals surface area contributed by atoms with Gasteiger partial charge in [-0.15, -0.1) is 0 Å². The largest absolute Gasteiger partial charge is 0.320 e. The number of rotatable bonds is 2. The Morgan fingerprint density at radius 3 is 2.33 bits per heavy atom. The molecule has 106 valence electrons. The first-order valence-corrected chi connectivity index (χ1v) is 7.62. The van der Waals surface area contributed by atoms with Crippen molar-refractivity contribution >= 4 is 38.3 Å². The summed E-state index contributed by atoms with van der Waals surface area (Å²) >= 11 is 9.32. The Morgan fingerprint density at radius 2 is 1.62 bits per heavy atom. The zero-order valence-electron chi connectivity index (χ0n) is 11.0. The van der Waals surface area contributed by atoms with Gasteiger partial charge >= 0.3 is 0 Å². The van der Waals surface area contributed by atoms with Crippen LogP contribution in [-0.4, -0.2) is 0 Å². The van der Waals surface area contributed by atoms with E-state index in [0.29, 0.717) is 10.6 Å². The van der Waals surface area contributed by atoms with Gasteiger partial charge in [-0.05, 0) is 34.5 Å². The van der Waals surface area contributed by atoms with E-state index in [0.717, 1.165) is 20.8 Å². The summed E-state index contributed by atoms with van der Waals surface area (Å²) in [5.74, 6) is -0.387. The van der Waals surface area contributed by atoms with Crippen LogP contribution in [0.3, 0.4) is 0 Å². The Balaban J connectivity index is 2.18. The molecule has 0 bridgehead atoms. The van der Waals surface area contributed by atoms with Crippen molar-refractivity contribution in [1.82, 2.24) is 0 Å². The van der Waals surface area contributed by atoms with E-state index in [9.17, 15) is 4.39 Å². The van der Waals surface area contributed by atoms with Crippen molar-refractivity contribution in [3.05, 3.63) is 81.0 Å². The second-order valence-electron chi connectivity index (χ2n) is 4.83. The van der Waals surface area contributed by atoms with Gasteiger partial charge in [0, 0.05) is 15.1 Å². The number of fused-ring (bicyclic) bond motifs is 1. The van der Waals surface area contributed by atoms with Crippen molar-refractivity contribution in [2.45, 2.75) is 6.04 Å². The van der Waals surface area contributed by atoms with Crippen LogP contribution < -0.4 is 5.73 Å². The van der Waals surface area contributed by atoms with Crippen molar-refractivity contribution in [3.63, 3.8) is 0 Å². The van der Waals surface area contributed by atoms with Gasteiger partial charge in [-0.1, -0.05) is 63.9 Å². The molecule has 1 atom stereocenters. The lowest BCUT2D eigenvalue weighted by Gasteiger charge is -2.17. The van der Waals surface area contributed by atoms with Crippen LogP contribution in [0.1, 0.15) is 17.2 Å². The summed E-state index contributed by atoms with van der Waals surface area (Å²) in [7, 11) is 0. The third-order valence-electron chi connectivity index (χ3n) is 3.54. The number of hydrogen-bond acceptors (Lipinski definition) is 1. The molecule has 0 radical (unpaired) electrons. The molecule has 3 aromatic rings. The lowest BCUT2D eigenvalue weighted by atomic mass is 9.94. The van der Waals surface area contributed by atoms with Crippen LogP contribution in [-0.2, 0) is 0 Å². The summed E-state index contributed by atoms with van der Waals surface area (Å²) < 4.78 is 15.1. The van der Waals surface area contributed by atoms with E-state index in [1.807, 2.05) is 36.4 Å². The second kappa shape index (κ2) is 5.76. The minimum absolute atomic E-state index is 0.365. The van der Waals surface area contributed by atoms with Gasteiger partial charge in [0.25, 0.3) is 0 Å². The molecule has 0 fully saturated rings. The highest BCUT2D eigenvalue weighted by Crippen LogP contribution is 2.33. The minimum Gasteiger partial charge on any atom is -0.320 e. The quantitative estimate of drug-likeness (QED) is 0.643. The highest BCUT2D eigenvalue weighted by Gasteiger charge is 2.17. The Kier molecular flexibility index (Phi) is 3.98. The minimum atomic E-state index is -0.541. The van der Waals surface area contributed by atoms with Crippen LogP contribution in [0, 0.1) is 5.82 Å². The van der Waals surface area contributed by atoms with Crippen molar-refractivity contribution in [1.29, 1.82) is 0 Å². The van der Waals surface area contributed by atoms with Crippen LogP contribution in [0.25, 0.3) is 10.8 Å². The first kappa shape index (κ1) is 14.5. The fourth-order valence-corrected chi connectivity index (χ4v) is 3.11. The van der Waals surface area contributed by atoms with Crippen LogP contribution in [0.5, 0.6) is 0 Å². The van der Waals surface area contributed by atoms with Gasteiger partial charge < -0.3 is 5.73 Å². The molecule has 4 heteroatoms. The van der Waals surface area contributed by atoms with Crippen molar-refractivity contribution in [2.24, 2.45) is 5.73 Å². The van der Waals surface area contributed by atoms with E-state index in [1.165, 1.54) is 6.07 Å². The molecule has 21 heavy (non-hydrogen) atoms. The molecule has 0 aliphatic carbocycles. The fourth-order valence-electron chi connectivity index (χ4n) is 2.48. The average molecular weight is 365 g/mol. The normalized spacial score (nSPS) is 12.6. The monoisotopic (exact) mass is 363 g/mol. The third-order valence-corrected chi connectivity index (χ3v) is 4.46. The Hall–Kier alpha value is -1.42. The van der Waals surface area contributed by atoms with E-state index in [4.69, 9.17) is 17.3 Å². The molecule has 1 nitrogen and oxygen atoms in total. The van der Waals surface area contributed by atoms with E-state index in [-0.39, 0.29) is 5.82 Å². The Bertz CT molecular complexity index is 819.